The molecule has 2 nitrogen and oxygen atoms in total. The second kappa shape index (κ2) is 6.21. The molecule has 0 radical (unpaired) electrons. The van der Waals surface area contributed by atoms with Crippen LogP contribution in [-0.4, -0.2) is 25.8 Å². The molecule has 2 heteroatoms. The molecule has 1 fully saturated rings. The Morgan fingerprint density at radius 3 is 3.17 bits per heavy atom. The third-order valence-corrected chi connectivity index (χ3v) is 2.12. The van der Waals surface area contributed by atoms with Gasteiger partial charge in [0.15, 0.2) is 0 Å². The molecule has 1 unspecified atom stereocenters. The first-order chi connectivity index (χ1) is 5.93. The van der Waals surface area contributed by atoms with Crippen molar-refractivity contribution in [1.82, 2.24) is 5.32 Å². The first kappa shape index (κ1) is 9.75. The highest BCUT2D eigenvalue weighted by molar-refractivity contribution is 4.78. The molecule has 0 saturated carbocycles. The summed E-state index contributed by atoms with van der Waals surface area (Å²) in [4.78, 5) is 0. The van der Waals surface area contributed by atoms with Crippen LogP contribution in [0.5, 0.6) is 0 Å². The second-order valence-corrected chi connectivity index (χ2v) is 3.20. The van der Waals surface area contributed by atoms with Crippen molar-refractivity contribution in [3.63, 3.8) is 0 Å². The van der Waals surface area contributed by atoms with E-state index in [0.29, 0.717) is 6.10 Å². The van der Waals surface area contributed by atoms with Gasteiger partial charge in [0, 0.05) is 13.2 Å². The van der Waals surface area contributed by atoms with Crippen molar-refractivity contribution in [2.75, 3.05) is 19.7 Å². The molecule has 0 aliphatic carbocycles. The Balaban J connectivity index is 1.87. The SMILES string of the molecule is C/C=C/CCNCC1CCCO1. The van der Waals surface area contributed by atoms with Crippen molar-refractivity contribution in [2.45, 2.75) is 32.3 Å². The molecule has 12 heavy (non-hydrogen) atoms. The molecule has 1 aliphatic heterocycles. The molecular formula is C10H19NO. The Hall–Kier alpha value is -0.340. The Kier molecular flexibility index (Phi) is 5.04. The molecular weight excluding hydrogens is 150 g/mol. The van der Waals surface area contributed by atoms with Gasteiger partial charge in [0.2, 0.25) is 0 Å². The molecule has 0 bridgehead atoms. The van der Waals surface area contributed by atoms with Crippen LogP contribution in [0, 0.1) is 0 Å². The molecule has 1 aliphatic rings. The third-order valence-electron chi connectivity index (χ3n) is 2.12. The summed E-state index contributed by atoms with van der Waals surface area (Å²) in [6.45, 7) is 5.11. The van der Waals surface area contributed by atoms with E-state index in [-0.39, 0.29) is 0 Å². The quantitative estimate of drug-likeness (QED) is 0.500. The van der Waals surface area contributed by atoms with Crippen molar-refractivity contribution in [1.29, 1.82) is 0 Å². The van der Waals surface area contributed by atoms with Gasteiger partial charge < -0.3 is 10.1 Å². The first-order valence-electron chi connectivity index (χ1n) is 4.87. The fraction of sp³-hybridized carbons (Fsp3) is 0.800. The number of ether oxygens (including phenoxy) is 1. The number of nitrogens with one attached hydrogen (secondary N) is 1. The summed E-state index contributed by atoms with van der Waals surface area (Å²) < 4.78 is 5.48. The van der Waals surface area contributed by atoms with E-state index in [1.165, 1.54) is 12.8 Å². The van der Waals surface area contributed by atoms with E-state index >= 15 is 0 Å². The van der Waals surface area contributed by atoms with E-state index in [1.807, 2.05) is 0 Å². The van der Waals surface area contributed by atoms with Crippen LogP contribution in [0.3, 0.4) is 0 Å². The molecule has 1 N–H and O–H groups in total. The zero-order chi connectivity index (χ0) is 8.65. The third kappa shape index (κ3) is 3.88. The van der Waals surface area contributed by atoms with Gasteiger partial charge in [-0.3, -0.25) is 0 Å². The maximum Gasteiger partial charge on any atom is 0.0700 e. The van der Waals surface area contributed by atoms with Crippen LogP contribution in [0.15, 0.2) is 12.2 Å². The van der Waals surface area contributed by atoms with Gasteiger partial charge in [-0.05, 0) is 32.7 Å². The monoisotopic (exact) mass is 169 g/mol. The van der Waals surface area contributed by atoms with Gasteiger partial charge in [-0.2, -0.15) is 0 Å². The van der Waals surface area contributed by atoms with E-state index < -0.39 is 0 Å². The molecule has 1 saturated heterocycles. The number of allylic oxidation sites excluding steroid dienone is 1. The van der Waals surface area contributed by atoms with Crippen LogP contribution in [0.25, 0.3) is 0 Å². The summed E-state index contributed by atoms with van der Waals surface area (Å²) in [5.74, 6) is 0. The molecule has 70 valence electrons. The van der Waals surface area contributed by atoms with Gasteiger partial charge in [-0.15, -0.1) is 0 Å². The zero-order valence-corrected chi connectivity index (χ0v) is 7.88. The molecule has 0 aromatic rings. The average molecular weight is 169 g/mol. The Bertz CT molecular complexity index is 128. The van der Waals surface area contributed by atoms with E-state index in [4.69, 9.17) is 4.74 Å². The second-order valence-electron chi connectivity index (χ2n) is 3.20. The normalized spacial score (nSPS) is 23.9. The highest BCUT2D eigenvalue weighted by atomic mass is 16.5. The van der Waals surface area contributed by atoms with Gasteiger partial charge >= 0.3 is 0 Å². The summed E-state index contributed by atoms with van der Waals surface area (Å²) in [5, 5.41) is 3.39. The highest BCUT2D eigenvalue weighted by Gasteiger charge is 2.13. The molecule has 1 atom stereocenters. The van der Waals surface area contributed by atoms with Gasteiger partial charge in [0.1, 0.15) is 0 Å². The topological polar surface area (TPSA) is 21.3 Å². The van der Waals surface area contributed by atoms with Gasteiger partial charge in [-0.1, -0.05) is 12.2 Å². The molecule has 1 rings (SSSR count). The minimum absolute atomic E-state index is 0.482. The lowest BCUT2D eigenvalue weighted by atomic mass is 10.2. The van der Waals surface area contributed by atoms with Crippen LogP contribution in [-0.2, 0) is 4.74 Å². The van der Waals surface area contributed by atoms with Crippen molar-refractivity contribution in [3.8, 4) is 0 Å². The van der Waals surface area contributed by atoms with Crippen molar-refractivity contribution < 1.29 is 4.74 Å². The van der Waals surface area contributed by atoms with E-state index in [0.717, 1.165) is 26.1 Å². The van der Waals surface area contributed by atoms with Crippen molar-refractivity contribution >= 4 is 0 Å². The van der Waals surface area contributed by atoms with E-state index in [1.54, 1.807) is 0 Å². The first-order valence-corrected chi connectivity index (χ1v) is 4.87. The van der Waals surface area contributed by atoms with E-state index in [9.17, 15) is 0 Å². The van der Waals surface area contributed by atoms with Crippen LogP contribution in [0.1, 0.15) is 26.2 Å². The Morgan fingerprint density at radius 2 is 2.50 bits per heavy atom. The lowest BCUT2D eigenvalue weighted by molar-refractivity contribution is 0.110. The zero-order valence-electron chi connectivity index (χ0n) is 7.88. The van der Waals surface area contributed by atoms with Gasteiger partial charge in [0.05, 0.1) is 6.10 Å². The highest BCUT2D eigenvalue weighted by Crippen LogP contribution is 2.10. The predicted molar refractivity (Wildman–Crippen MR) is 51.3 cm³/mol. The average Bonchev–Trinajstić information content (AvgIpc) is 2.57. The molecule has 1 heterocycles. The summed E-state index contributed by atoms with van der Waals surface area (Å²) in [6, 6.07) is 0. The molecule has 0 amide bonds. The molecule has 0 aromatic carbocycles. The summed E-state index contributed by atoms with van der Waals surface area (Å²) in [6.07, 6.45) is 8.35. The van der Waals surface area contributed by atoms with Crippen LogP contribution < -0.4 is 5.32 Å². The number of rotatable bonds is 5. The van der Waals surface area contributed by atoms with Crippen molar-refractivity contribution in [3.05, 3.63) is 12.2 Å². The van der Waals surface area contributed by atoms with Gasteiger partial charge in [0.25, 0.3) is 0 Å². The van der Waals surface area contributed by atoms with Crippen LogP contribution in [0.4, 0.5) is 0 Å². The summed E-state index contributed by atoms with van der Waals surface area (Å²) >= 11 is 0. The fourth-order valence-electron chi connectivity index (χ4n) is 1.42. The van der Waals surface area contributed by atoms with E-state index in [2.05, 4.69) is 24.4 Å². The molecule has 0 aromatic heterocycles. The summed E-state index contributed by atoms with van der Waals surface area (Å²) in [5.41, 5.74) is 0. The Morgan fingerprint density at radius 1 is 1.58 bits per heavy atom. The van der Waals surface area contributed by atoms with Crippen LogP contribution in [0.2, 0.25) is 0 Å². The smallest absolute Gasteiger partial charge is 0.0700 e. The summed E-state index contributed by atoms with van der Waals surface area (Å²) in [7, 11) is 0. The Labute approximate surface area is 75.0 Å². The van der Waals surface area contributed by atoms with Crippen molar-refractivity contribution in [2.24, 2.45) is 0 Å². The standard InChI is InChI=1S/C10H19NO/c1-2-3-4-7-11-9-10-6-5-8-12-10/h2-3,10-11H,4-9H2,1H3/b3-2+. The predicted octanol–water partition coefficient (Wildman–Crippen LogP) is 1.72. The maximum atomic E-state index is 5.48. The minimum atomic E-state index is 0.482. The lowest BCUT2D eigenvalue weighted by Crippen LogP contribution is -2.26. The largest absolute Gasteiger partial charge is 0.377 e. The fourth-order valence-corrected chi connectivity index (χ4v) is 1.42. The van der Waals surface area contributed by atoms with Gasteiger partial charge in [-0.25, -0.2) is 0 Å². The lowest BCUT2D eigenvalue weighted by Gasteiger charge is -2.09. The maximum absolute atomic E-state index is 5.48. The minimum Gasteiger partial charge on any atom is -0.377 e. The van der Waals surface area contributed by atoms with Crippen LogP contribution >= 0.6 is 0 Å². The number of hydrogen-bond donors (Lipinski definition) is 1. The number of hydrogen-bond acceptors (Lipinski definition) is 2. The molecule has 0 spiro atoms.